The van der Waals surface area contributed by atoms with Gasteiger partial charge in [-0.2, -0.15) is 0 Å². The van der Waals surface area contributed by atoms with Crippen LogP contribution in [0.15, 0.2) is 30.0 Å². The minimum atomic E-state index is -0.440. The Morgan fingerprint density at radius 3 is 2.58 bits per heavy atom. The number of anilines is 2. The molecule has 128 valence electrons. The van der Waals surface area contributed by atoms with Gasteiger partial charge in [0, 0.05) is 24.9 Å². The average Bonchev–Trinajstić information content (AvgIpc) is 2.84. The summed E-state index contributed by atoms with van der Waals surface area (Å²) in [7, 11) is 0. The molecular weight excluding hydrogens is 330 g/mol. The monoisotopic (exact) mass is 349 g/mol. The van der Waals surface area contributed by atoms with Crippen LogP contribution in [0.25, 0.3) is 0 Å². The summed E-state index contributed by atoms with van der Waals surface area (Å²) in [6.45, 7) is 1.74. The van der Waals surface area contributed by atoms with Crippen LogP contribution < -0.4 is 10.2 Å². The van der Waals surface area contributed by atoms with Crippen molar-refractivity contribution in [1.82, 2.24) is 4.90 Å². The fourth-order valence-electron chi connectivity index (χ4n) is 3.04. The highest BCUT2D eigenvalue weighted by molar-refractivity contribution is 6.33. The van der Waals surface area contributed by atoms with Crippen LogP contribution in [0.3, 0.4) is 0 Å². The molecule has 2 aliphatic rings. The zero-order valence-corrected chi connectivity index (χ0v) is 14.1. The lowest BCUT2D eigenvalue weighted by Gasteiger charge is -2.29. The van der Waals surface area contributed by atoms with Gasteiger partial charge < -0.3 is 15.3 Å². The quantitative estimate of drug-likeness (QED) is 0.795. The Labute approximate surface area is 145 Å². The lowest BCUT2D eigenvalue weighted by Crippen LogP contribution is -2.34. The molecule has 6 nitrogen and oxygen atoms in total. The van der Waals surface area contributed by atoms with Gasteiger partial charge in [-0.25, -0.2) is 0 Å². The van der Waals surface area contributed by atoms with Crippen LogP contribution in [0.2, 0.25) is 5.02 Å². The minimum absolute atomic E-state index is 0.00595. The van der Waals surface area contributed by atoms with Crippen molar-refractivity contribution in [2.75, 3.05) is 36.5 Å². The Kier molecular flexibility index (Phi) is 5.06. The highest BCUT2D eigenvalue weighted by atomic mass is 35.5. The number of carbonyl (C=O) groups is 2. The van der Waals surface area contributed by atoms with E-state index >= 15 is 0 Å². The molecule has 2 amide bonds. The predicted molar refractivity (Wildman–Crippen MR) is 93.0 cm³/mol. The average molecular weight is 350 g/mol. The maximum atomic E-state index is 12.1. The second-order valence-electron chi connectivity index (χ2n) is 5.92. The molecule has 0 aromatic heterocycles. The third kappa shape index (κ3) is 3.39. The van der Waals surface area contributed by atoms with E-state index in [1.165, 1.54) is 25.3 Å². The number of halogens is 1. The Hall–Kier alpha value is -2.05. The molecule has 2 aliphatic heterocycles. The number of hydrogen-bond acceptors (Lipinski definition) is 5. The lowest BCUT2D eigenvalue weighted by molar-refractivity contribution is -0.137. The predicted octanol–water partition coefficient (Wildman–Crippen LogP) is 1.99. The fraction of sp³-hybridized carbons (Fsp3) is 0.412. The van der Waals surface area contributed by atoms with Gasteiger partial charge in [-0.3, -0.25) is 14.5 Å². The number of piperidine rings is 1. The van der Waals surface area contributed by atoms with E-state index in [9.17, 15) is 9.59 Å². The van der Waals surface area contributed by atoms with Gasteiger partial charge >= 0.3 is 0 Å². The van der Waals surface area contributed by atoms with Crippen molar-refractivity contribution in [2.24, 2.45) is 0 Å². The van der Waals surface area contributed by atoms with Gasteiger partial charge in [0.1, 0.15) is 5.70 Å². The topological polar surface area (TPSA) is 72.9 Å². The summed E-state index contributed by atoms with van der Waals surface area (Å²) < 4.78 is 0. The summed E-state index contributed by atoms with van der Waals surface area (Å²) in [6, 6.07) is 5.55. The molecule has 2 heterocycles. The Bertz CT molecular complexity index is 684. The number of benzene rings is 1. The summed E-state index contributed by atoms with van der Waals surface area (Å²) in [4.78, 5) is 27.2. The zero-order chi connectivity index (χ0) is 17.1. The van der Waals surface area contributed by atoms with Gasteiger partial charge in [-0.15, -0.1) is 0 Å². The van der Waals surface area contributed by atoms with E-state index in [1.54, 1.807) is 6.07 Å². The van der Waals surface area contributed by atoms with Crippen LogP contribution in [0.4, 0.5) is 11.4 Å². The first-order valence-corrected chi connectivity index (χ1v) is 8.48. The number of imide groups is 1. The van der Waals surface area contributed by atoms with Gasteiger partial charge in [0.15, 0.2) is 0 Å². The molecule has 0 spiro atoms. The molecular formula is C17H20ClN3O3. The molecule has 1 aromatic carbocycles. The molecule has 1 aromatic rings. The van der Waals surface area contributed by atoms with E-state index in [2.05, 4.69) is 10.2 Å². The van der Waals surface area contributed by atoms with Crippen molar-refractivity contribution in [3.05, 3.63) is 35.0 Å². The number of nitrogens with one attached hydrogen (secondary N) is 1. The first-order chi connectivity index (χ1) is 11.6. The Morgan fingerprint density at radius 2 is 1.92 bits per heavy atom. The second-order valence-corrected chi connectivity index (χ2v) is 6.32. The van der Waals surface area contributed by atoms with E-state index in [-0.39, 0.29) is 18.8 Å². The first kappa shape index (κ1) is 16.8. The van der Waals surface area contributed by atoms with Crippen LogP contribution in [-0.4, -0.2) is 48.1 Å². The molecule has 0 aliphatic carbocycles. The molecule has 0 atom stereocenters. The smallest absolute Gasteiger partial charge is 0.277 e. The lowest BCUT2D eigenvalue weighted by atomic mass is 10.1. The number of aliphatic hydroxyl groups excluding tert-OH is 1. The largest absolute Gasteiger partial charge is 0.395 e. The van der Waals surface area contributed by atoms with Crippen molar-refractivity contribution < 1.29 is 14.7 Å². The van der Waals surface area contributed by atoms with E-state index < -0.39 is 11.8 Å². The molecule has 0 bridgehead atoms. The Balaban J connectivity index is 1.72. The number of aliphatic hydroxyl groups is 1. The van der Waals surface area contributed by atoms with Crippen LogP contribution >= 0.6 is 11.6 Å². The van der Waals surface area contributed by atoms with Crippen molar-refractivity contribution in [3.8, 4) is 0 Å². The van der Waals surface area contributed by atoms with Gasteiger partial charge in [0.2, 0.25) is 0 Å². The second kappa shape index (κ2) is 7.23. The van der Waals surface area contributed by atoms with E-state index in [0.717, 1.165) is 23.7 Å². The molecule has 0 unspecified atom stereocenters. The van der Waals surface area contributed by atoms with E-state index in [0.29, 0.717) is 10.7 Å². The minimum Gasteiger partial charge on any atom is -0.395 e. The molecule has 1 fully saturated rings. The van der Waals surface area contributed by atoms with Crippen LogP contribution in [0.5, 0.6) is 0 Å². The van der Waals surface area contributed by atoms with Gasteiger partial charge in [-0.05, 0) is 37.5 Å². The van der Waals surface area contributed by atoms with Gasteiger partial charge in [0.05, 0.1) is 23.9 Å². The number of amides is 2. The van der Waals surface area contributed by atoms with Crippen LogP contribution in [-0.2, 0) is 9.59 Å². The molecule has 24 heavy (non-hydrogen) atoms. The normalized spacial score (nSPS) is 18.2. The molecule has 0 saturated carbocycles. The standard InChI is InChI=1S/C17H20ClN3O3/c18-13-10-12(4-5-15(13)20-6-2-1-3-7-20)19-14-11-16(23)21(8-9-22)17(14)24/h4-5,10-11,19,22H,1-3,6-9H2. The number of nitrogens with zero attached hydrogens (tertiary/aromatic N) is 2. The molecule has 1 saturated heterocycles. The van der Waals surface area contributed by atoms with Crippen molar-refractivity contribution in [3.63, 3.8) is 0 Å². The van der Waals surface area contributed by atoms with Gasteiger partial charge in [0.25, 0.3) is 11.8 Å². The zero-order valence-electron chi connectivity index (χ0n) is 13.3. The molecule has 0 radical (unpaired) electrons. The number of carbonyl (C=O) groups excluding carboxylic acids is 2. The van der Waals surface area contributed by atoms with Crippen molar-refractivity contribution in [1.29, 1.82) is 0 Å². The first-order valence-electron chi connectivity index (χ1n) is 8.10. The Morgan fingerprint density at radius 1 is 1.17 bits per heavy atom. The van der Waals surface area contributed by atoms with Gasteiger partial charge in [-0.1, -0.05) is 11.6 Å². The molecule has 7 heteroatoms. The number of rotatable bonds is 5. The van der Waals surface area contributed by atoms with E-state index in [1.807, 2.05) is 12.1 Å². The summed E-state index contributed by atoms with van der Waals surface area (Å²) >= 11 is 6.40. The maximum absolute atomic E-state index is 12.1. The highest BCUT2D eigenvalue weighted by Crippen LogP contribution is 2.31. The summed E-state index contributed by atoms with van der Waals surface area (Å²) in [6.07, 6.45) is 4.83. The van der Waals surface area contributed by atoms with Crippen molar-refractivity contribution >= 4 is 34.8 Å². The molecule has 3 rings (SSSR count). The van der Waals surface area contributed by atoms with Crippen LogP contribution in [0.1, 0.15) is 19.3 Å². The third-order valence-electron chi connectivity index (χ3n) is 4.26. The molecule has 2 N–H and O–H groups in total. The number of hydrogen-bond donors (Lipinski definition) is 2. The highest BCUT2D eigenvalue weighted by Gasteiger charge is 2.30. The summed E-state index contributed by atoms with van der Waals surface area (Å²) in [5.41, 5.74) is 1.83. The van der Waals surface area contributed by atoms with Crippen molar-refractivity contribution in [2.45, 2.75) is 19.3 Å². The SMILES string of the molecule is O=C1C=C(Nc2ccc(N3CCCCC3)c(Cl)c2)C(=O)N1CCO. The summed E-state index contributed by atoms with van der Waals surface area (Å²) in [5.74, 6) is -0.863. The third-order valence-corrected chi connectivity index (χ3v) is 4.56. The summed E-state index contributed by atoms with van der Waals surface area (Å²) in [5, 5.41) is 12.5. The van der Waals surface area contributed by atoms with Crippen LogP contribution in [0, 0.1) is 0 Å². The number of β-amino-alcohol motifs (C(OH)–C–C–N with tert-alkyl or cyclic N) is 1. The maximum Gasteiger partial charge on any atom is 0.277 e. The van der Waals surface area contributed by atoms with E-state index in [4.69, 9.17) is 16.7 Å². The fourth-order valence-corrected chi connectivity index (χ4v) is 3.34.